The van der Waals surface area contributed by atoms with Gasteiger partial charge in [-0.05, 0) is 48.4 Å². The topological polar surface area (TPSA) is 98.7 Å². The van der Waals surface area contributed by atoms with E-state index in [1.165, 1.54) is 19.3 Å². The Balaban J connectivity index is 1.76. The van der Waals surface area contributed by atoms with E-state index in [4.69, 9.17) is 5.73 Å². The Morgan fingerprint density at radius 2 is 2.13 bits per heavy atom. The molecule has 2 aromatic rings. The van der Waals surface area contributed by atoms with E-state index in [0.29, 0.717) is 11.6 Å². The summed E-state index contributed by atoms with van der Waals surface area (Å²) < 4.78 is 1.95. The van der Waals surface area contributed by atoms with Crippen LogP contribution in [0.3, 0.4) is 0 Å². The minimum Gasteiger partial charge on any atom is -0.375 e. The molecule has 1 atom stereocenters. The summed E-state index contributed by atoms with van der Waals surface area (Å²) >= 11 is 0. The zero-order valence-corrected chi connectivity index (χ0v) is 13.3. The van der Waals surface area contributed by atoms with E-state index in [2.05, 4.69) is 20.8 Å². The molecule has 1 fully saturated rings. The quantitative estimate of drug-likeness (QED) is 0.883. The van der Waals surface area contributed by atoms with Crippen LogP contribution in [0.2, 0.25) is 0 Å². The van der Waals surface area contributed by atoms with Gasteiger partial charge in [-0.15, -0.1) is 5.10 Å². The van der Waals surface area contributed by atoms with E-state index in [9.17, 15) is 4.79 Å². The standard InChI is InChI=1S/C16H22N6O/c1-11(18-13-7-5-6-12(10-13)15(17)23)16-19-20-21-22(16)14-8-3-2-4-9-14/h5-7,10-11,14,18H,2-4,8-9H2,1H3,(H2,17,23). The number of aromatic nitrogens is 4. The molecule has 0 radical (unpaired) electrons. The number of tetrazole rings is 1. The predicted molar refractivity (Wildman–Crippen MR) is 86.9 cm³/mol. The molecule has 1 aromatic carbocycles. The van der Waals surface area contributed by atoms with Gasteiger partial charge in [-0.3, -0.25) is 4.79 Å². The van der Waals surface area contributed by atoms with E-state index in [1.54, 1.807) is 18.2 Å². The molecule has 1 aliphatic carbocycles. The summed E-state index contributed by atoms with van der Waals surface area (Å²) in [6, 6.07) is 7.47. The Morgan fingerprint density at radius 3 is 2.87 bits per heavy atom. The third kappa shape index (κ3) is 3.49. The molecular weight excluding hydrogens is 292 g/mol. The fourth-order valence-electron chi connectivity index (χ4n) is 3.15. The molecule has 0 bridgehead atoms. The van der Waals surface area contributed by atoms with Crippen LogP contribution in [0.25, 0.3) is 0 Å². The summed E-state index contributed by atoms with van der Waals surface area (Å²) in [6.07, 6.45) is 6.00. The van der Waals surface area contributed by atoms with Crippen molar-refractivity contribution in [3.8, 4) is 0 Å². The predicted octanol–water partition coefficient (Wildman–Crippen LogP) is 2.45. The van der Waals surface area contributed by atoms with Gasteiger partial charge >= 0.3 is 0 Å². The largest absolute Gasteiger partial charge is 0.375 e. The van der Waals surface area contributed by atoms with E-state index >= 15 is 0 Å². The lowest BCUT2D eigenvalue weighted by molar-refractivity contribution is 0.100. The molecule has 3 N–H and O–H groups in total. The van der Waals surface area contributed by atoms with E-state index in [-0.39, 0.29) is 6.04 Å². The van der Waals surface area contributed by atoms with Gasteiger partial charge in [0.15, 0.2) is 5.82 Å². The smallest absolute Gasteiger partial charge is 0.248 e. The zero-order valence-electron chi connectivity index (χ0n) is 13.3. The van der Waals surface area contributed by atoms with Crippen LogP contribution in [-0.2, 0) is 0 Å². The number of primary amides is 1. The van der Waals surface area contributed by atoms with Gasteiger partial charge in [-0.25, -0.2) is 4.68 Å². The third-order valence-electron chi connectivity index (χ3n) is 4.36. The number of nitrogens with zero attached hydrogens (tertiary/aromatic N) is 4. The number of nitrogens with one attached hydrogen (secondary N) is 1. The summed E-state index contributed by atoms with van der Waals surface area (Å²) in [7, 11) is 0. The average Bonchev–Trinajstić information content (AvgIpc) is 3.05. The Morgan fingerprint density at radius 1 is 1.35 bits per heavy atom. The van der Waals surface area contributed by atoms with E-state index in [0.717, 1.165) is 24.4 Å². The number of hydrogen-bond donors (Lipinski definition) is 2. The van der Waals surface area contributed by atoms with Gasteiger partial charge in [0.05, 0.1) is 12.1 Å². The first-order valence-electron chi connectivity index (χ1n) is 8.09. The van der Waals surface area contributed by atoms with E-state index < -0.39 is 5.91 Å². The lowest BCUT2D eigenvalue weighted by atomic mass is 9.95. The molecule has 1 heterocycles. The van der Waals surface area contributed by atoms with Gasteiger partial charge in [0, 0.05) is 11.3 Å². The number of nitrogens with two attached hydrogens (primary N) is 1. The van der Waals surface area contributed by atoms with Crippen molar-refractivity contribution in [1.29, 1.82) is 0 Å². The molecule has 1 aliphatic rings. The Kier molecular flexibility index (Phi) is 4.55. The first-order valence-corrected chi connectivity index (χ1v) is 8.09. The Labute approximate surface area is 135 Å². The summed E-state index contributed by atoms with van der Waals surface area (Å²) in [5.41, 5.74) is 6.63. The van der Waals surface area contributed by atoms with Crippen LogP contribution in [0, 0.1) is 0 Å². The number of benzene rings is 1. The Hall–Kier alpha value is -2.44. The highest BCUT2D eigenvalue weighted by molar-refractivity contribution is 5.93. The fourth-order valence-corrected chi connectivity index (χ4v) is 3.15. The highest BCUT2D eigenvalue weighted by Gasteiger charge is 2.23. The number of carbonyl (C=O) groups is 1. The lowest BCUT2D eigenvalue weighted by Crippen LogP contribution is -2.21. The third-order valence-corrected chi connectivity index (χ3v) is 4.36. The normalized spacial score (nSPS) is 16.9. The van der Waals surface area contributed by atoms with Crippen LogP contribution in [-0.4, -0.2) is 26.1 Å². The molecule has 0 spiro atoms. The molecule has 1 amide bonds. The van der Waals surface area contributed by atoms with Crippen molar-refractivity contribution in [2.24, 2.45) is 5.73 Å². The molecule has 7 nitrogen and oxygen atoms in total. The van der Waals surface area contributed by atoms with Gasteiger partial charge in [0.2, 0.25) is 5.91 Å². The summed E-state index contributed by atoms with van der Waals surface area (Å²) in [5, 5.41) is 15.6. The van der Waals surface area contributed by atoms with Crippen LogP contribution < -0.4 is 11.1 Å². The minimum absolute atomic E-state index is 0.0601. The molecule has 0 aliphatic heterocycles. The average molecular weight is 314 g/mol. The SMILES string of the molecule is CC(Nc1cccc(C(N)=O)c1)c1nnnn1C1CCCCC1. The van der Waals surface area contributed by atoms with Gasteiger partial charge in [-0.2, -0.15) is 0 Å². The summed E-state index contributed by atoms with van der Waals surface area (Å²) in [6.45, 7) is 2.02. The Bertz CT molecular complexity index is 677. The summed E-state index contributed by atoms with van der Waals surface area (Å²) in [5.74, 6) is 0.384. The number of carbonyl (C=O) groups excluding carboxylic acids is 1. The van der Waals surface area contributed by atoms with E-state index in [1.807, 2.05) is 17.7 Å². The maximum Gasteiger partial charge on any atom is 0.248 e. The van der Waals surface area contributed by atoms with Gasteiger partial charge < -0.3 is 11.1 Å². The van der Waals surface area contributed by atoms with Crippen molar-refractivity contribution in [3.05, 3.63) is 35.7 Å². The first kappa shape index (κ1) is 15.5. The molecule has 1 aromatic heterocycles. The van der Waals surface area contributed by atoms with Crippen LogP contribution in [0.15, 0.2) is 24.3 Å². The van der Waals surface area contributed by atoms with Crippen LogP contribution in [0.5, 0.6) is 0 Å². The molecule has 122 valence electrons. The van der Waals surface area contributed by atoms with Crippen LogP contribution >= 0.6 is 0 Å². The molecule has 1 saturated carbocycles. The van der Waals surface area contributed by atoms with Crippen molar-refractivity contribution in [1.82, 2.24) is 20.2 Å². The van der Waals surface area contributed by atoms with Crippen molar-refractivity contribution in [3.63, 3.8) is 0 Å². The molecule has 23 heavy (non-hydrogen) atoms. The highest BCUT2D eigenvalue weighted by Crippen LogP contribution is 2.29. The summed E-state index contributed by atoms with van der Waals surface area (Å²) in [4.78, 5) is 11.3. The van der Waals surface area contributed by atoms with Crippen molar-refractivity contribution < 1.29 is 4.79 Å². The maximum absolute atomic E-state index is 11.3. The number of anilines is 1. The molecule has 1 unspecified atom stereocenters. The molecular formula is C16H22N6O. The van der Waals surface area contributed by atoms with Gasteiger partial charge in [0.1, 0.15) is 0 Å². The van der Waals surface area contributed by atoms with Crippen LogP contribution in [0.4, 0.5) is 5.69 Å². The fraction of sp³-hybridized carbons (Fsp3) is 0.500. The number of rotatable bonds is 5. The van der Waals surface area contributed by atoms with Gasteiger partial charge in [0.25, 0.3) is 0 Å². The monoisotopic (exact) mass is 314 g/mol. The second-order valence-electron chi connectivity index (χ2n) is 6.08. The zero-order chi connectivity index (χ0) is 16.2. The highest BCUT2D eigenvalue weighted by atomic mass is 16.1. The van der Waals surface area contributed by atoms with Crippen molar-refractivity contribution in [2.75, 3.05) is 5.32 Å². The lowest BCUT2D eigenvalue weighted by Gasteiger charge is -2.24. The second-order valence-corrected chi connectivity index (χ2v) is 6.08. The van der Waals surface area contributed by atoms with Crippen molar-refractivity contribution in [2.45, 2.75) is 51.1 Å². The maximum atomic E-state index is 11.3. The molecule has 3 rings (SSSR count). The number of amides is 1. The number of hydrogen-bond acceptors (Lipinski definition) is 5. The van der Waals surface area contributed by atoms with Gasteiger partial charge in [-0.1, -0.05) is 25.3 Å². The minimum atomic E-state index is -0.437. The van der Waals surface area contributed by atoms with Crippen molar-refractivity contribution >= 4 is 11.6 Å². The first-order chi connectivity index (χ1) is 11.1. The molecule has 7 heteroatoms. The van der Waals surface area contributed by atoms with Crippen LogP contribution in [0.1, 0.15) is 67.3 Å². The molecule has 0 saturated heterocycles. The second kappa shape index (κ2) is 6.76.